The maximum atomic E-state index is 12.4. The van der Waals surface area contributed by atoms with Crippen molar-refractivity contribution in [2.45, 2.75) is 31.0 Å². The fourth-order valence-corrected chi connectivity index (χ4v) is 3.21. The Bertz CT molecular complexity index is 894. The zero-order valence-corrected chi connectivity index (χ0v) is 16.6. The quantitative estimate of drug-likeness (QED) is 0.573. The van der Waals surface area contributed by atoms with Gasteiger partial charge in [0, 0.05) is 10.7 Å². The summed E-state index contributed by atoms with van der Waals surface area (Å²) < 4.78 is 4.97. The molecule has 8 heteroatoms. The van der Waals surface area contributed by atoms with E-state index in [4.69, 9.17) is 16.3 Å². The molecule has 0 aliphatic rings. The van der Waals surface area contributed by atoms with Gasteiger partial charge in [0.25, 0.3) is 0 Å². The third kappa shape index (κ3) is 5.46. The summed E-state index contributed by atoms with van der Waals surface area (Å²) >= 11 is 6.98. The number of pyridine rings is 1. The minimum absolute atomic E-state index is 0.222. The predicted molar refractivity (Wildman–Crippen MR) is 105 cm³/mol. The number of carbonyl (C=O) groups is 2. The number of carbonyl (C=O) groups excluding carboxylic acids is 2. The van der Waals surface area contributed by atoms with E-state index in [1.165, 1.54) is 6.07 Å². The van der Waals surface area contributed by atoms with E-state index in [0.717, 1.165) is 11.8 Å². The SMILES string of the molecule is CCOC(=O)c1cc(C#N)c(SC(C)C(=O)Nc2ccc(Cl)cc2)nc1C. The van der Waals surface area contributed by atoms with Crippen LogP contribution in [0, 0.1) is 18.3 Å². The lowest BCUT2D eigenvalue weighted by Crippen LogP contribution is -2.22. The average molecular weight is 404 g/mol. The Labute approximate surface area is 166 Å². The van der Waals surface area contributed by atoms with Gasteiger partial charge in [0.1, 0.15) is 11.1 Å². The van der Waals surface area contributed by atoms with Crippen LogP contribution in [0.1, 0.15) is 35.5 Å². The van der Waals surface area contributed by atoms with Crippen molar-refractivity contribution in [3.8, 4) is 6.07 Å². The van der Waals surface area contributed by atoms with Gasteiger partial charge in [-0.1, -0.05) is 23.4 Å². The van der Waals surface area contributed by atoms with Crippen LogP contribution < -0.4 is 5.32 Å². The standard InChI is InChI=1S/C19H18ClN3O3S/c1-4-26-19(25)16-9-13(10-21)18(22-11(16)2)27-12(3)17(24)23-15-7-5-14(20)6-8-15/h5-9,12H,4H2,1-3H3,(H,23,24). The molecule has 1 aromatic carbocycles. The molecule has 0 radical (unpaired) electrons. The molecule has 1 aromatic heterocycles. The first-order valence-corrected chi connectivity index (χ1v) is 9.43. The van der Waals surface area contributed by atoms with Crippen LogP contribution in [0.4, 0.5) is 5.69 Å². The number of thioether (sulfide) groups is 1. The van der Waals surface area contributed by atoms with Crippen LogP contribution >= 0.6 is 23.4 Å². The summed E-state index contributed by atoms with van der Waals surface area (Å²) in [6.07, 6.45) is 0. The minimum Gasteiger partial charge on any atom is -0.462 e. The second kappa shape index (κ2) is 9.40. The summed E-state index contributed by atoms with van der Waals surface area (Å²) in [4.78, 5) is 28.7. The number of esters is 1. The van der Waals surface area contributed by atoms with E-state index in [2.05, 4.69) is 10.3 Å². The lowest BCUT2D eigenvalue weighted by molar-refractivity contribution is -0.115. The van der Waals surface area contributed by atoms with E-state index in [-0.39, 0.29) is 23.6 Å². The van der Waals surface area contributed by atoms with E-state index in [1.807, 2.05) is 6.07 Å². The van der Waals surface area contributed by atoms with E-state index in [0.29, 0.717) is 21.4 Å². The van der Waals surface area contributed by atoms with Gasteiger partial charge in [-0.05, 0) is 51.1 Å². The molecule has 0 aliphatic heterocycles. The molecule has 1 atom stereocenters. The van der Waals surface area contributed by atoms with Gasteiger partial charge < -0.3 is 10.1 Å². The number of nitriles is 1. The maximum Gasteiger partial charge on any atom is 0.340 e. The van der Waals surface area contributed by atoms with Crippen molar-refractivity contribution in [3.05, 3.63) is 52.2 Å². The third-order valence-corrected chi connectivity index (χ3v) is 4.92. The molecule has 2 rings (SSSR count). The molecular weight excluding hydrogens is 386 g/mol. The molecule has 0 aliphatic carbocycles. The minimum atomic E-state index is -0.524. The Morgan fingerprint density at radius 2 is 2.04 bits per heavy atom. The number of amides is 1. The zero-order valence-electron chi connectivity index (χ0n) is 15.1. The molecule has 1 unspecified atom stereocenters. The number of ether oxygens (including phenoxy) is 1. The summed E-state index contributed by atoms with van der Waals surface area (Å²) in [5, 5.41) is 12.6. The number of halogens is 1. The molecule has 0 saturated carbocycles. The highest BCUT2D eigenvalue weighted by Gasteiger charge is 2.21. The van der Waals surface area contributed by atoms with Crippen molar-refractivity contribution >= 4 is 40.9 Å². The number of rotatable bonds is 6. The van der Waals surface area contributed by atoms with Crippen LogP contribution in [0.2, 0.25) is 5.02 Å². The third-order valence-electron chi connectivity index (χ3n) is 3.56. The summed E-state index contributed by atoms with van der Waals surface area (Å²) in [6.45, 7) is 5.32. The van der Waals surface area contributed by atoms with Gasteiger partial charge in [0.05, 0.1) is 28.7 Å². The topological polar surface area (TPSA) is 92.1 Å². The summed E-state index contributed by atoms with van der Waals surface area (Å²) in [5.74, 6) is -0.760. The highest BCUT2D eigenvalue weighted by Crippen LogP contribution is 2.28. The Kier molecular flexibility index (Phi) is 7.22. The highest BCUT2D eigenvalue weighted by molar-refractivity contribution is 8.00. The van der Waals surface area contributed by atoms with Gasteiger partial charge in [0.15, 0.2) is 0 Å². The van der Waals surface area contributed by atoms with E-state index in [1.54, 1.807) is 45.0 Å². The number of nitrogens with zero attached hydrogens (tertiary/aromatic N) is 2. The van der Waals surface area contributed by atoms with Crippen LogP contribution in [0.25, 0.3) is 0 Å². The second-order valence-electron chi connectivity index (χ2n) is 5.56. The van der Waals surface area contributed by atoms with E-state index < -0.39 is 11.2 Å². The normalized spacial score (nSPS) is 11.4. The van der Waals surface area contributed by atoms with Crippen LogP contribution in [0.15, 0.2) is 35.4 Å². The van der Waals surface area contributed by atoms with Crippen molar-refractivity contribution in [1.82, 2.24) is 4.98 Å². The van der Waals surface area contributed by atoms with Gasteiger partial charge in [-0.3, -0.25) is 4.79 Å². The second-order valence-corrected chi connectivity index (χ2v) is 7.33. The van der Waals surface area contributed by atoms with Gasteiger partial charge in [-0.25, -0.2) is 9.78 Å². The predicted octanol–water partition coefficient (Wildman–Crippen LogP) is 4.21. The highest BCUT2D eigenvalue weighted by atomic mass is 35.5. The zero-order chi connectivity index (χ0) is 20.0. The first-order chi connectivity index (χ1) is 12.8. The van der Waals surface area contributed by atoms with Gasteiger partial charge in [0.2, 0.25) is 5.91 Å². The number of hydrogen-bond acceptors (Lipinski definition) is 6. The number of anilines is 1. The molecule has 1 N–H and O–H groups in total. The Morgan fingerprint density at radius 3 is 2.63 bits per heavy atom. The van der Waals surface area contributed by atoms with Crippen molar-refractivity contribution in [2.24, 2.45) is 0 Å². The van der Waals surface area contributed by atoms with Crippen molar-refractivity contribution < 1.29 is 14.3 Å². The average Bonchev–Trinajstić information content (AvgIpc) is 2.63. The number of nitrogens with one attached hydrogen (secondary N) is 1. The first kappa shape index (κ1) is 20.7. The van der Waals surface area contributed by atoms with Crippen molar-refractivity contribution in [2.75, 3.05) is 11.9 Å². The molecule has 140 valence electrons. The van der Waals surface area contributed by atoms with Crippen molar-refractivity contribution in [1.29, 1.82) is 5.26 Å². The molecule has 0 bridgehead atoms. The molecule has 0 saturated heterocycles. The number of aryl methyl sites for hydroxylation is 1. The van der Waals surface area contributed by atoms with Crippen LogP contribution in [0.5, 0.6) is 0 Å². The lowest BCUT2D eigenvalue weighted by atomic mass is 10.1. The fourth-order valence-electron chi connectivity index (χ4n) is 2.17. The first-order valence-electron chi connectivity index (χ1n) is 8.17. The fraction of sp³-hybridized carbons (Fsp3) is 0.263. The number of benzene rings is 1. The molecule has 1 amide bonds. The maximum absolute atomic E-state index is 12.4. The lowest BCUT2D eigenvalue weighted by Gasteiger charge is -2.14. The summed E-state index contributed by atoms with van der Waals surface area (Å²) in [5.41, 5.74) is 1.54. The Balaban J connectivity index is 2.16. The van der Waals surface area contributed by atoms with Crippen molar-refractivity contribution in [3.63, 3.8) is 0 Å². The Hall–Kier alpha value is -2.56. The largest absolute Gasteiger partial charge is 0.462 e. The molecule has 0 fully saturated rings. The van der Waals surface area contributed by atoms with Gasteiger partial charge >= 0.3 is 5.97 Å². The smallest absolute Gasteiger partial charge is 0.340 e. The molecular formula is C19H18ClN3O3S. The number of hydrogen-bond donors (Lipinski definition) is 1. The van der Waals surface area contributed by atoms with Gasteiger partial charge in [-0.15, -0.1) is 0 Å². The molecule has 27 heavy (non-hydrogen) atoms. The summed E-state index contributed by atoms with van der Waals surface area (Å²) in [6, 6.07) is 10.2. The van der Waals surface area contributed by atoms with Crippen LogP contribution in [0.3, 0.4) is 0 Å². The molecule has 1 heterocycles. The molecule has 6 nitrogen and oxygen atoms in total. The molecule has 0 spiro atoms. The Morgan fingerprint density at radius 1 is 1.37 bits per heavy atom. The molecule has 2 aromatic rings. The van der Waals surface area contributed by atoms with E-state index >= 15 is 0 Å². The van der Waals surface area contributed by atoms with E-state index in [9.17, 15) is 14.9 Å². The monoisotopic (exact) mass is 403 g/mol. The summed E-state index contributed by atoms with van der Waals surface area (Å²) in [7, 11) is 0. The van der Waals surface area contributed by atoms with Gasteiger partial charge in [-0.2, -0.15) is 5.26 Å². The van der Waals surface area contributed by atoms with Crippen LogP contribution in [-0.4, -0.2) is 28.7 Å². The van der Waals surface area contributed by atoms with Crippen LogP contribution in [-0.2, 0) is 9.53 Å². The number of aromatic nitrogens is 1.